The van der Waals surface area contributed by atoms with Crippen molar-refractivity contribution in [3.05, 3.63) is 170 Å². The van der Waals surface area contributed by atoms with E-state index in [1.54, 1.807) is 0 Å². The lowest BCUT2D eigenvalue weighted by Gasteiger charge is -2.13. The molecule has 3 heterocycles. The van der Waals surface area contributed by atoms with Crippen LogP contribution in [0.5, 0.6) is 0 Å². The summed E-state index contributed by atoms with van der Waals surface area (Å²) in [6, 6.07) is 57.4. The molecule has 0 saturated heterocycles. The second-order valence-corrected chi connectivity index (χ2v) is 11.8. The van der Waals surface area contributed by atoms with Crippen molar-refractivity contribution in [2.45, 2.75) is 0 Å². The summed E-state index contributed by atoms with van der Waals surface area (Å²) in [6.07, 6.45) is 0. The van der Waals surface area contributed by atoms with Gasteiger partial charge in [-0.25, -0.2) is 24.9 Å². The molecule has 6 aromatic carbocycles. The Morgan fingerprint density at radius 1 is 0.347 bits per heavy atom. The highest BCUT2D eigenvalue weighted by molar-refractivity contribution is 6.11. The summed E-state index contributed by atoms with van der Waals surface area (Å²) in [5.41, 5.74) is 9.43. The maximum absolute atomic E-state index is 5.23. The Hall–Kier alpha value is -6.79. The van der Waals surface area contributed by atoms with Gasteiger partial charge in [-0.05, 0) is 18.2 Å². The number of fused-ring (bicyclic) bond motifs is 3. The molecule has 0 aliphatic rings. The standard InChI is InChI=1S/C43H28N6/c1-5-16-29(17-6-1)37-39-38(45-40(44-37)30-18-7-2-8-19-30)35-26-13-14-27-36(35)49(39)34-25-15-24-33(28-34)43-47-41(31-20-9-3-10-21-31)46-42(48-43)32-22-11-4-12-23-32/h1-28H. The molecule has 0 spiro atoms. The molecule has 0 N–H and O–H groups in total. The molecule has 0 aliphatic heterocycles. The summed E-state index contributed by atoms with van der Waals surface area (Å²) in [6.45, 7) is 0. The highest BCUT2D eigenvalue weighted by Crippen LogP contribution is 2.38. The minimum Gasteiger partial charge on any atom is -0.306 e. The van der Waals surface area contributed by atoms with E-state index in [-0.39, 0.29) is 0 Å². The van der Waals surface area contributed by atoms with Gasteiger partial charge in [-0.1, -0.05) is 152 Å². The zero-order valence-electron chi connectivity index (χ0n) is 26.3. The van der Waals surface area contributed by atoms with Gasteiger partial charge in [0, 0.05) is 38.9 Å². The Balaban J connectivity index is 1.29. The summed E-state index contributed by atoms with van der Waals surface area (Å²) in [4.78, 5) is 25.3. The highest BCUT2D eigenvalue weighted by atomic mass is 15.1. The minimum atomic E-state index is 0.598. The molecule has 9 aromatic rings. The van der Waals surface area contributed by atoms with Crippen LogP contribution in [-0.4, -0.2) is 29.5 Å². The zero-order valence-corrected chi connectivity index (χ0v) is 26.3. The van der Waals surface area contributed by atoms with Gasteiger partial charge in [0.2, 0.25) is 0 Å². The fourth-order valence-corrected chi connectivity index (χ4v) is 6.35. The third-order valence-electron chi connectivity index (χ3n) is 8.65. The Morgan fingerprint density at radius 2 is 0.796 bits per heavy atom. The normalized spacial score (nSPS) is 11.3. The third-order valence-corrected chi connectivity index (χ3v) is 8.65. The van der Waals surface area contributed by atoms with Crippen LogP contribution >= 0.6 is 0 Å². The molecule has 3 aromatic heterocycles. The SMILES string of the molecule is c1ccc(-c2nc(-c3ccccc3)nc(-c3cccc(-n4c5ccccc5c5nc(-c6ccccc6)nc(-c6ccccc6)c54)c3)n2)cc1. The van der Waals surface area contributed by atoms with Crippen LogP contribution in [0, 0.1) is 0 Å². The van der Waals surface area contributed by atoms with E-state index in [0.29, 0.717) is 23.3 Å². The molecule has 0 bridgehead atoms. The maximum atomic E-state index is 5.23. The smallest absolute Gasteiger partial charge is 0.164 e. The van der Waals surface area contributed by atoms with Gasteiger partial charge in [-0.3, -0.25) is 0 Å². The summed E-state index contributed by atoms with van der Waals surface area (Å²) < 4.78 is 2.27. The second-order valence-electron chi connectivity index (χ2n) is 11.8. The van der Waals surface area contributed by atoms with Gasteiger partial charge < -0.3 is 4.57 Å². The Labute approximate surface area is 283 Å². The Kier molecular flexibility index (Phi) is 7.02. The van der Waals surface area contributed by atoms with Crippen molar-refractivity contribution in [3.63, 3.8) is 0 Å². The predicted molar refractivity (Wildman–Crippen MR) is 197 cm³/mol. The van der Waals surface area contributed by atoms with E-state index < -0.39 is 0 Å². The molecule has 230 valence electrons. The quantitative estimate of drug-likeness (QED) is 0.183. The first kappa shape index (κ1) is 28.4. The first-order valence-electron chi connectivity index (χ1n) is 16.2. The van der Waals surface area contributed by atoms with E-state index in [1.165, 1.54) is 0 Å². The van der Waals surface area contributed by atoms with Crippen LogP contribution in [-0.2, 0) is 0 Å². The van der Waals surface area contributed by atoms with Gasteiger partial charge in [-0.2, -0.15) is 0 Å². The number of hydrogen-bond acceptors (Lipinski definition) is 5. The van der Waals surface area contributed by atoms with Gasteiger partial charge in [0.25, 0.3) is 0 Å². The molecular formula is C43H28N6. The first-order chi connectivity index (χ1) is 24.3. The average Bonchev–Trinajstić information content (AvgIpc) is 3.53. The van der Waals surface area contributed by atoms with Crippen LogP contribution < -0.4 is 0 Å². The van der Waals surface area contributed by atoms with Crippen molar-refractivity contribution in [2.75, 3.05) is 0 Å². The fraction of sp³-hybridized carbons (Fsp3) is 0. The number of benzene rings is 6. The van der Waals surface area contributed by atoms with Crippen LogP contribution in [0.25, 0.3) is 84.4 Å². The molecule has 49 heavy (non-hydrogen) atoms. The highest BCUT2D eigenvalue weighted by Gasteiger charge is 2.21. The van der Waals surface area contributed by atoms with Crippen LogP contribution in [0.1, 0.15) is 0 Å². The molecule has 6 nitrogen and oxygen atoms in total. The molecule has 6 heteroatoms. The van der Waals surface area contributed by atoms with Crippen molar-refractivity contribution >= 4 is 21.9 Å². The molecule has 0 saturated carbocycles. The maximum Gasteiger partial charge on any atom is 0.164 e. The molecule has 0 fully saturated rings. The molecular weight excluding hydrogens is 601 g/mol. The fourth-order valence-electron chi connectivity index (χ4n) is 6.35. The number of aromatic nitrogens is 6. The van der Waals surface area contributed by atoms with E-state index in [1.807, 2.05) is 84.9 Å². The summed E-state index contributed by atoms with van der Waals surface area (Å²) in [5.74, 6) is 2.54. The second kappa shape index (κ2) is 12.1. The first-order valence-corrected chi connectivity index (χ1v) is 16.2. The Morgan fingerprint density at radius 3 is 1.37 bits per heavy atom. The molecule has 9 rings (SSSR count). The van der Waals surface area contributed by atoms with E-state index in [0.717, 1.165) is 61.1 Å². The monoisotopic (exact) mass is 628 g/mol. The zero-order chi connectivity index (χ0) is 32.6. The minimum absolute atomic E-state index is 0.598. The number of para-hydroxylation sites is 1. The molecule has 0 unspecified atom stereocenters. The van der Waals surface area contributed by atoms with Crippen molar-refractivity contribution in [1.29, 1.82) is 0 Å². The largest absolute Gasteiger partial charge is 0.306 e. The predicted octanol–water partition coefficient (Wildman–Crippen LogP) is 10.1. The van der Waals surface area contributed by atoms with E-state index >= 15 is 0 Å². The van der Waals surface area contributed by atoms with Crippen LogP contribution in [0.4, 0.5) is 0 Å². The van der Waals surface area contributed by atoms with Crippen molar-refractivity contribution in [2.24, 2.45) is 0 Å². The van der Waals surface area contributed by atoms with Crippen molar-refractivity contribution in [3.8, 4) is 62.5 Å². The molecule has 0 aliphatic carbocycles. The lowest BCUT2D eigenvalue weighted by atomic mass is 10.1. The average molecular weight is 629 g/mol. The number of rotatable bonds is 6. The summed E-state index contributed by atoms with van der Waals surface area (Å²) in [5, 5.41) is 1.05. The molecule has 0 amide bonds. The van der Waals surface area contributed by atoms with Gasteiger partial charge in [-0.15, -0.1) is 0 Å². The summed E-state index contributed by atoms with van der Waals surface area (Å²) >= 11 is 0. The van der Waals surface area contributed by atoms with Gasteiger partial charge in [0.1, 0.15) is 5.52 Å². The lowest BCUT2D eigenvalue weighted by molar-refractivity contribution is 1.07. The van der Waals surface area contributed by atoms with E-state index in [9.17, 15) is 0 Å². The van der Waals surface area contributed by atoms with Gasteiger partial charge in [0.05, 0.1) is 16.7 Å². The Bertz CT molecular complexity index is 2520. The van der Waals surface area contributed by atoms with Crippen LogP contribution in [0.3, 0.4) is 0 Å². The topological polar surface area (TPSA) is 69.4 Å². The van der Waals surface area contributed by atoms with Gasteiger partial charge >= 0.3 is 0 Å². The van der Waals surface area contributed by atoms with Crippen LogP contribution in [0.2, 0.25) is 0 Å². The third kappa shape index (κ3) is 5.22. The van der Waals surface area contributed by atoms with E-state index in [4.69, 9.17) is 24.9 Å². The number of nitrogens with zero attached hydrogens (tertiary/aromatic N) is 6. The summed E-state index contributed by atoms with van der Waals surface area (Å²) in [7, 11) is 0. The molecule has 0 radical (unpaired) electrons. The number of hydrogen-bond donors (Lipinski definition) is 0. The van der Waals surface area contributed by atoms with Crippen molar-refractivity contribution in [1.82, 2.24) is 29.5 Å². The van der Waals surface area contributed by atoms with Crippen molar-refractivity contribution < 1.29 is 0 Å². The van der Waals surface area contributed by atoms with Crippen LogP contribution in [0.15, 0.2) is 170 Å². The lowest BCUT2D eigenvalue weighted by Crippen LogP contribution is -2.02. The van der Waals surface area contributed by atoms with E-state index in [2.05, 4.69) is 89.5 Å². The van der Waals surface area contributed by atoms with Gasteiger partial charge in [0.15, 0.2) is 23.3 Å². The molecule has 0 atom stereocenters.